The summed E-state index contributed by atoms with van der Waals surface area (Å²) in [6, 6.07) is -1.91. The molecule has 6 N–H and O–H groups in total. The number of carboxylic acid groups (broad SMARTS) is 2. The lowest BCUT2D eigenvalue weighted by atomic mass is 10.1. The first-order chi connectivity index (χ1) is 13.3. The van der Waals surface area contributed by atoms with E-state index in [1.165, 1.54) is 0 Å². The van der Waals surface area contributed by atoms with Crippen LogP contribution in [0.15, 0.2) is 25.3 Å². The first-order valence-corrected chi connectivity index (χ1v) is 9.09. The predicted molar refractivity (Wildman–Crippen MR) is 103 cm³/mol. The number of carboxylic acids is 2. The molecule has 10 nitrogen and oxygen atoms in total. The number of hydrogen-bond acceptors (Lipinski definition) is 6. The summed E-state index contributed by atoms with van der Waals surface area (Å²) in [5.41, 5.74) is 5.13. The number of hydrogen-bond donors (Lipinski definition) is 6. The third-order valence-corrected chi connectivity index (χ3v) is 3.84. The fourth-order valence-corrected chi connectivity index (χ4v) is 2.23. The lowest BCUT2D eigenvalue weighted by molar-refractivity contribution is -0.143. The Kier molecular flexibility index (Phi) is 13.9. The van der Waals surface area contributed by atoms with E-state index in [0.29, 0.717) is 38.8 Å². The molecular formula is C18H30N4O6. The molecule has 0 saturated heterocycles. The maximum absolute atomic E-state index is 11.3. The summed E-state index contributed by atoms with van der Waals surface area (Å²) < 4.78 is 0. The van der Waals surface area contributed by atoms with Gasteiger partial charge in [0.25, 0.3) is 0 Å². The van der Waals surface area contributed by atoms with Crippen molar-refractivity contribution in [2.75, 3.05) is 13.1 Å². The molecule has 0 fully saturated rings. The van der Waals surface area contributed by atoms with Crippen LogP contribution in [-0.4, -0.2) is 59.1 Å². The third-order valence-electron chi connectivity index (χ3n) is 3.84. The fourth-order valence-electron chi connectivity index (χ4n) is 2.23. The Bertz CT molecular complexity index is 504. The Balaban J connectivity index is 4.20. The lowest BCUT2D eigenvalue weighted by Gasteiger charge is -2.20. The molecule has 2 atom stereocenters. The fraction of sp³-hybridized carbons (Fsp3) is 0.556. The number of amides is 2. The van der Waals surface area contributed by atoms with Gasteiger partial charge in [-0.05, 0) is 50.7 Å². The first kappa shape index (κ1) is 25.3. The van der Waals surface area contributed by atoms with E-state index in [4.69, 9.17) is 0 Å². The largest absolute Gasteiger partial charge is 0.480 e. The van der Waals surface area contributed by atoms with Crippen molar-refractivity contribution in [2.45, 2.75) is 50.6 Å². The molecule has 2 amide bonds. The predicted octanol–water partition coefficient (Wildman–Crippen LogP) is -0.0680. The van der Waals surface area contributed by atoms with Crippen LogP contribution in [0.2, 0.25) is 0 Å². The SMILES string of the molecule is C=CC(=O)NCCCC[C@H](NN[C@@H](CCCCNC(=O)C=C)C(=O)O)C(=O)O. The summed E-state index contributed by atoms with van der Waals surface area (Å²) in [5.74, 6) is -2.77. The number of rotatable bonds is 17. The van der Waals surface area contributed by atoms with Crippen LogP contribution in [0.3, 0.4) is 0 Å². The van der Waals surface area contributed by atoms with Crippen LogP contribution in [0.5, 0.6) is 0 Å². The van der Waals surface area contributed by atoms with E-state index in [1.807, 2.05) is 0 Å². The second-order valence-electron chi connectivity index (χ2n) is 6.05. The Hall–Kier alpha value is -2.72. The van der Waals surface area contributed by atoms with Crippen LogP contribution in [0.1, 0.15) is 38.5 Å². The average Bonchev–Trinajstić information content (AvgIpc) is 2.66. The molecule has 0 unspecified atom stereocenters. The normalized spacial score (nSPS) is 12.4. The van der Waals surface area contributed by atoms with Crippen LogP contribution in [0, 0.1) is 0 Å². The van der Waals surface area contributed by atoms with Crippen molar-refractivity contribution in [2.24, 2.45) is 0 Å². The molecule has 28 heavy (non-hydrogen) atoms. The molecule has 0 aliphatic rings. The third kappa shape index (κ3) is 12.6. The molecule has 0 saturated carbocycles. The van der Waals surface area contributed by atoms with E-state index in [1.54, 1.807) is 0 Å². The van der Waals surface area contributed by atoms with Gasteiger partial charge in [0, 0.05) is 13.1 Å². The Labute approximate surface area is 164 Å². The molecule has 0 heterocycles. The van der Waals surface area contributed by atoms with E-state index in [0.717, 1.165) is 12.2 Å². The molecule has 0 aromatic heterocycles. The van der Waals surface area contributed by atoms with Gasteiger partial charge < -0.3 is 20.8 Å². The van der Waals surface area contributed by atoms with Crippen molar-refractivity contribution in [3.63, 3.8) is 0 Å². The quantitative estimate of drug-likeness (QED) is 0.113. The Morgan fingerprint density at radius 1 is 0.714 bits per heavy atom. The maximum Gasteiger partial charge on any atom is 0.322 e. The van der Waals surface area contributed by atoms with Crippen molar-refractivity contribution in [3.05, 3.63) is 25.3 Å². The van der Waals surface area contributed by atoms with E-state index >= 15 is 0 Å². The highest BCUT2D eigenvalue weighted by atomic mass is 16.4. The van der Waals surface area contributed by atoms with Crippen molar-refractivity contribution in [3.8, 4) is 0 Å². The van der Waals surface area contributed by atoms with Gasteiger partial charge >= 0.3 is 11.9 Å². The summed E-state index contributed by atoms with van der Waals surface area (Å²) in [5, 5.41) is 23.7. The maximum atomic E-state index is 11.3. The summed E-state index contributed by atoms with van der Waals surface area (Å²) >= 11 is 0. The highest BCUT2D eigenvalue weighted by molar-refractivity contribution is 5.87. The molecule has 0 aliphatic heterocycles. The highest BCUT2D eigenvalue weighted by Gasteiger charge is 2.21. The van der Waals surface area contributed by atoms with Crippen molar-refractivity contribution < 1.29 is 29.4 Å². The summed E-state index contributed by atoms with van der Waals surface area (Å²) in [6.07, 6.45) is 5.09. The molecule has 0 aromatic rings. The van der Waals surface area contributed by atoms with Gasteiger partial charge in [-0.2, -0.15) is 0 Å². The number of unbranched alkanes of at least 4 members (excludes halogenated alkanes) is 2. The molecule has 0 aromatic carbocycles. The van der Waals surface area contributed by atoms with Gasteiger partial charge in [0.1, 0.15) is 12.1 Å². The molecule has 158 valence electrons. The molecule has 10 heteroatoms. The zero-order valence-electron chi connectivity index (χ0n) is 15.9. The van der Waals surface area contributed by atoms with Crippen molar-refractivity contribution in [1.82, 2.24) is 21.5 Å². The van der Waals surface area contributed by atoms with Crippen LogP contribution in [0.4, 0.5) is 0 Å². The van der Waals surface area contributed by atoms with Gasteiger partial charge in [-0.25, -0.2) is 10.9 Å². The minimum absolute atomic E-state index is 0.270. The highest BCUT2D eigenvalue weighted by Crippen LogP contribution is 2.03. The molecule has 0 aliphatic carbocycles. The van der Waals surface area contributed by atoms with Crippen LogP contribution in [0.25, 0.3) is 0 Å². The number of nitrogens with one attached hydrogen (secondary N) is 4. The summed E-state index contributed by atoms with van der Waals surface area (Å²) in [6.45, 7) is 7.48. The van der Waals surface area contributed by atoms with Gasteiger partial charge in [-0.15, -0.1) is 0 Å². The van der Waals surface area contributed by atoms with E-state index in [2.05, 4.69) is 34.6 Å². The number of hydrazine groups is 1. The lowest BCUT2D eigenvalue weighted by Crippen LogP contribution is -2.52. The van der Waals surface area contributed by atoms with E-state index < -0.39 is 24.0 Å². The van der Waals surface area contributed by atoms with Crippen LogP contribution in [-0.2, 0) is 19.2 Å². The molecule has 0 spiro atoms. The van der Waals surface area contributed by atoms with Gasteiger partial charge in [-0.3, -0.25) is 19.2 Å². The minimum atomic E-state index is -1.10. The van der Waals surface area contributed by atoms with Crippen molar-refractivity contribution >= 4 is 23.8 Å². The zero-order chi connectivity index (χ0) is 21.4. The van der Waals surface area contributed by atoms with Gasteiger partial charge in [0.05, 0.1) is 0 Å². The standard InChI is InChI=1S/C18H30N4O6/c1-3-15(23)19-11-7-5-9-13(17(25)26)21-22-14(18(27)28)10-6-8-12-20-16(24)4-2/h3-4,13-14,21-22H,1-2,5-12H2,(H,19,23)(H,20,24)(H,25,26)(H,27,28)/t13-,14-/m0/s1. The van der Waals surface area contributed by atoms with E-state index in [9.17, 15) is 29.4 Å². The van der Waals surface area contributed by atoms with Crippen LogP contribution < -0.4 is 21.5 Å². The first-order valence-electron chi connectivity index (χ1n) is 9.09. The topological polar surface area (TPSA) is 157 Å². The smallest absolute Gasteiger partial charge is 0.322 e. The van der Waals surface area contributed by atoms with Gasteiger partial charge in [0.2, 0.25) is 11.8 Å². The summed E-state index contributed by atoms with van der Waals surface area (Å²) in [7, 11) is 0. The zero-order valence-corrected chi connectivity index (χ0v) is 15.9. The minimum Gasteiger partial charge on any atom is -0.480 e. The Morgan fingerprint density at radius 3 is 1.36 bits per heavy atom. The van der Waals surface area contributed by atoms with Gasteiger partial charge in [-0.1, -0.05) is 13.2 Å². The van der Waals surface area contributed by atoms with Crippen LogP contribution >= 0.6 is 0 Å². The average molecular weight is 398 g/mol. The molecule has 0 rings (SSSR count). The monoisotopic (exact) mass is 398 g/mol. The second-order valence-corrected chi connectivity index (χ2v) is 6.05. The van der Waals surface area contributed by atoms with Gasteiger partial charge in [0.15, 0.2) is 0 Å². The molecule has 0 radical (unpaired) electrons. The number of carbonyl (C=O) groups is 4. The summed E-state index contributed by atoms with van der Waals surface area (Å²) in [4.78, 5) is 44.6. The number of carbonyl (C=O) groups excluding carboxylic acids is 2. The Morgan fingerprint density at radius 2 is 1.07 bits per heavy atom. The second kappa shape index (κ2) is 15.3. The van der Waals surface area contributed by atoms with E-state index in [-0.39, 0.29) is 24.7 Å². The number of aliphatic carboxylic acids is 2. The molecule has 0 bridgehead atoms. The van der Waals surface area contributed by atoms with Crippen molar-refractivity contribution in [1.29, 1.82) is 0 Å². The molecular weight excluding hydrogens is 368 g/mol.